The van der Waals surface area contributed by atoms with Crippen LogP contribution in [-0.2, 0) is 6.54 Å². The molecule has 2 atom stereocenters. The van der Waals surface area contributed by atoms with Crippen LogP contribution < -0.4 is 10.6 Å². The molecule has 23 heavy (non-hydrogen) atoms. The lowest BCUT2D eigenvalue weighted by Gasteiger charge is -2.27. The van der Waals surface area contributed by atoms with Crippen LogP contribution in [0.5, 0.6) is 0 Å². The summed E-state index contributed by atoms with van der Waals surface area (Å²) in [6.45, 7) is 5.21. The molecule has 0 bridgehead atoms. The van der Waals surface area contributed by atoms with Crippen molar-refractivity contribution in [2.75, 3.05) is 18.4 Å². The number of hydrogen-bond donors (Lipinski definition) is 2. The summed E-state index contributed by atoms with van der Waals surface area (Å²) in [5, 5.41) is 14.2. The highest BCUT2D eigenvalue weighted by Gasteiger charge is 2.19. The second kappa shape index (κ2) is 6.05. The molecule has 4 heteroatoms. The van der Waals surface area contributed by atoms with Crippen LogP contribution in [0.3, 0.4) is 0 Å². The summed E-state index contributed by atoms with van der Waals surface area (Å²) in [7, 11) is 0. The smallest absolute Gasteiger partial charge is 0.124 e. The number of rotatable bonds is 4. The van der Waals surface area contributed by atoms with E-state index in [4.69, 9.17) is 0 Å². The van der Waals surface area contributed by atoms with E-state index in [1.54, 1.807) is 0 Å². The van der Waals surface area contributed by atoms with Gasteiger partial charge in [0.25, 0.3) is 0 Å². The molecule has 4 rings (SSSR count). The number of fused-ring (bicyclic) bond motifs is 2. The summed E-state index contributed by atoms with van der Waals surface area (Å²) in [5.41, 5.74) is 1.37. The Balaban J connectivity index is 1.45. The van der Waals surface area contributed by atoms with Crippen molar-refractivity contribution < 1.29 is 0 Å². The molecule has 1 aliphatic rings. The van der Waals surface area contributed by atoms with Gasteiger partial charge in [-0.05, 0) is 23.3 Å². The van der Waals surface area contributed by atoms with Gasteiger partial charge in [-0.2, -0.15) is 5.10 Å². The minimum atomic E-state index is 0.333. The SMILES string of the molecule is C[C@H](NC[C@@H]1CNc2ccnn2C1)c1cccc2ccccc12. The van der Waals surface area contributed by atoms with E-state index in [-0.39, 0.29) is 0 Å². The van der Waals surface area contributed by atoms with E-state index in [0.717, 1.165) is 25.5 Å². The van der Waals surface area contributed by atoms with Crippen molar-refractivity contribution in [1.29, 1.82) is 0 Å². The second-order valence-corrected chi connectivity index (χ2v) is 6.34. The van der Waals surface area contributed by atoms with Crippen LogP contribution in [0.4, 0.5) is 5.82 Å². The third-order valence-corrected chi connectivity index (χ3v) is 4.72. The number of aromatic nitrogens is 2. The van der Waals surface area contributed by atoms with E-state index in [1.165, 1.54) is 16.3 Å². The first-order valence-electron chi connectivity index (χ1n) is 8.28. The fourth-order valence-electron chi connectivity index (χ4n) is 3.40. The van der Waals surface area contributed by atoms with E-state index < -0.39 is 0 Å². The van der Waals surface area contributed by atoms with Crippen molar-refractivity contribution in [2.24, 2.45) is 5.92 Å². The van der Waals surface area contributed by atoms with E-state index in [9.17, 15) is 0 Å². The minimum Gasteiger partial charge on any atom is -0.370 e. The summed E-state index contributed by atoms with van der Waals surface area (Å²) in [4.78, 5) is 0. The van der Waals surface area contributed by atoms with Gasteiger partial charge in [-0.3, -0.25) is 0 Å². The Kier molecular flexibility index (Phi) is 3.75. The molecule has 0 saturated heterocycles. The highest BCUT2D eigenvalue weighted by Crippen LogP contribution is 2.24. The van der Waals surface area contributed by atoms with Crippen molar-refractivity contribution in [2.45, 2.75) is 19.5 Å². The Morgan fingerprint density at radius 2 is 2.09 bits per heavy atom. The first-order valence-corrected chi connectivity index (χ1v) is 8.28. The third kappa shape index (κ3) is 2.82. The minimum absolute atomic E-state index is 0.333. The lowest BCUT2D eigenvalue weighted by atomic mass is 9.99. The summed E-state index contributed by atoms with van der Waals surface area (Å²) in [5.74, 6) is 1.68. The van der Waals surface area contributed by atoms with Gasteiger partial charge in [0.2, 0.25) is 0 Å². The molecule has 0 saturated carbocycles. The van der Waals surface area contributed by atoms with Crippen LogP contribution in [0, 0.1) is 5.92 Å². The fourth-order valence-corrected chi connectivity index (χ4v) is 3.40. The van der Waals surface area contributed by atoms with E-state index >= 15 is 0 Å². The highest BCUT2D eigenvalue weighted by molar-refractivity contribution is 5.86. The number of hydrogen-bond acceptors (Lipinski definition) is 3. The molecule has 2 N–H and O–H groups in total. The maximum atomic E-state index is 4.36. The second-order valence-electron chi connectivity index (χ2n) is 6.34. The molecule has 0 amide bonds. The van der Waals surface area contributed by atoms with Gasteiger partial charge < -0.3 is 10.6 Å². The van der Waals surface area contributed by atoms with Gasteiger partial charge in [0.05, 0.1) is 6.20 Å². The van der Waals surface area contributed by atoms with E-state index in [1.807, 2.05) is 12.3 Å². The number of nitrogens with one attached hydrogen (secondary N) is 2. The lowest BCUT2D eigenvalue weighted by molar-refractivity contribution is 0.377. The zero-order valence-corrected chi connectivity index (χ0v) is 13.4. The largest absolute Gasteiger partial charge is 0.370 e. The van der Waals surface area contributed by atoms with Crippen molar-refractivity contribution in [3.63, 3.8) is 0 Å². The molecule has 4 nitrogen and oxygen atoms in total. The Morgan fingerprint density at radius 3 is 3.04 bits per heavy atom. The van der Waals surface area contributed by atoms with Crippen LogP contribution in [0.2, 0.25) is 0 Å². The monoisotopic (exact) mass is 306 g/mol. The normalized spacial score (nSPS) is 18.4. The highest BCUT2D eigenvalue weighted by atomic mass is 15.3. The molecular formula is C19H22N4. The summed E-state index contributed by atoms with van der Waals surface area (Å²) >= 11 is 0. The van der Waals surface area contributed by atoms with Crippen molar-refractivity contribution >= 4 is 16.6 Å². The quantitative estimate of drug-likeness (QED) is 0.776. The van der Waals surface area contributed by atoms with Crippen molar-refractivity contribution in [3.8, 4) is 0 Å². The molecule has 118 valence electrons. The summed E-state index contributed by atoms with van der Waals surface area (Å²) in [6, 6.07) is 17.5. The molecule has 3 aromatic rings. The van der Waals surface area contributed by atoms with Gasteiger partial charge in [-0.15, -0.1) is 0 Å². The zero-order chi connectivity index (χ0) is 15.6. The van der Waals surface area contributed by atoms with Gasteiger partial charge in [-0.1, -0.05) is 42.5 Å². The topological polar surface area (TPSA) is 41.9 Å². The maximum Gasteiger partial charge on any atom is 0.124 e. The zero-order valence-electron chi connectivity index (χ0n) is 13.4. The van der Waals surface area contributed by atoms with Crippen molar-refractivity contribution in [1.82, 2.24) is 15.1 Å². The van der Waals surface area contributed by atoms with Gasteiger partial charge in [0.15, 0.2) is 0 Å². The van der Waals surface area contributed by atoms with Gasteiger partial charge in [-0.25, -0.2) is 4.68 Å². The number of anilines is 1. The van der Waals surface area contributed by atoms with Crippen LogP contribution in [0.15, 0.2) is 54.7 Å². The average molecular weight is 306 g/mol. The maximum absolute atomic E-state index is 4.36. The molecule has 0 aliphatic carbocycles. The summed E-state index contributed by atoms with van der Waals surface area (Å²) in [6.07, 6.45) is 1.86. The number of benzene rings is 2. The molecule has 0 fully saturated rings. The van der Waals surface area contributed by atoms with Gasteiger partial charge in [0, 0.05) is 37.7 Å². The Hall–Kier alpha value is -2.33. The number of nitrogens with zero attached hydrogens (tertiary/aromatic N) is 2. The molecule has 0 spiro atoms. The third-order valence-electron chi connectivity index (χ3n) is 4.72. The molecule has 0 unspecified atom stereocenters. The fraction of sp³-hybridized carbons (Fsp3) is 0.316. The van der Waals surface area contributed by atoms with Crippen molar-refractivity contribution in [3.05, 3.63) is 60.3 Å². The van der Waals surface area contributed by atoms with Crippen LogP contribution in [0.25, 0.3) is 10.8 Å². The average Bonchev–Trinajstić information content (AvgIpc) is 3.07. The predicted octanol–water partition coefficient (Wildman–Crippen LogP) is 3.43. The van der Waals surface area contributed by atoms with Crippen LogP contribution >= 0.6 is 0 Å². The standard InChI is InChI=1S/C19H22N4/c1-14(17-8-4-6-16-5-2-3-7-18(16)17)20-11-15-12-21-19-9-10-22-23(19)13-15/h2-10,14-15,20-21H,11-13H2,1H3/t14-,15+/m0/s1. The molecule has 1 aromatic heterocycles. The van der Waals surface area contributed by atoms with Crippen LogP contribution in [-0.4, -0.2) is 22.9 Å². The molecule has 0 radical (unpaired) electrons. The first kappa shape index (κ1) is 14.3. The Bertz CT molecular complexity index is 802. The first-order chi connectivity index (χ1) is 11.3. The molecule has 2 heterocycles. The summed E-state index contributed by atoms with van der Waals surface area (Å²) < 4.78 is 2.05. The molecule has 2 aromatic carbocycles. The van der Waals surface area contributed by atoms with E-state index in [0.29, 0.717) is 12.0 Å². The Labute approximate surface area is 136 Å². The van der Waals surface area contributed by atoms with E-state index in [2.05, 4.69) is 69.8 Å². The lowest BCUT2D eigenvalue weighted by Crippen LogP contribution is -2.36. The Morgan fingerprint density at radius 1 is 1.22 bits per heavy atom. The van der Waals surface area contributed by atoms with Crippen LogP contribution in [0.1, 0.15) is 18.5 Å². The molecule has 1 aliphatic heterocycles. The predicted molar refractivity (Wildman–Crippen MR) is 94.6 cm³/mol. The van der Waals surface area contributed by atoms with Gasteiger partial charge in [0.1, 0.15) is 5.82 Å². The van der Waals surface area contributed by atoms with Gasteiger partial charge >= 0.3 is 0 Å². The molecular weight excluding hydrogens is 284 g/mol.